The fraction of sp³-hybridized carbons (Fsp3) is 0.0588. The summed E-state index contributed by atoms with van der Waals surface area (Å²) in [5, 5.41) is 9.70. The summed E-state index contributed by atoms with van der Waals surface area (Å²) in [5.41, 5.74) is 1.77. The topological polar surface area (TPSA) is 88.2 Å². The number of aromatic nitrogens is 1. The summed E-state index contributed by atoms with van der Waals surface area (Å²) in [6, 6.07) is 8.59. The van der Waals surface area contributed by atoms with Crippen LogP contribution >= 0.6 is 22.7 Å². The molecule has 0 saturated heterocycles. The van der Waals surface area contributed by atoms with Crippen LogP contribution in [-0.2, 0) is 11.2 Å². The summed E-state index contributed by atoms with van der Waals surface area (Å²) < 4.78 is 0. The molecule has 0 bridgehead atoms. The second kappa shape index (κ2) is 6.23. The molecule has 2 N–H and O–H groups in total. The van der Waals surface area contributed by atoms with E-state index in [9.17, 15) is 14.4 Å². The van der Waals surface area contributed by atoms with Crippen LogP contribution in [0.15, 0.2) is 41.1 Å². The van der Waals surface area contributed by atoms with Gasteiger partial charge in [0, 0.05) is 11.1 Å². The van der Waals surface area contributed by atoms with E-state index in [1.165, 1.54) is 23.5 Å². The molecule has 0 saturated carbocycles. The zero-order valence-corrected chi connectivity index (χ0v) is 14.4. The number of carbonyl (C=O) groups excluding carboxylic acids is 3. The molecule has 3 aromatic rings. The Morgan fingerprint density at radius 1 is 1.12 bits per heavy atom. The molecule has 0 spiro atoms. The van der Waals surface area contributed by atoms with Crippen LogP contribution in [0, 0.1) is 0 Å². The SMILES string of the molecule is O=C(Cc1csc(-c2cccs2)n1)Nc1ccc2c(c1)C(=O)NC2=O. The summed E-state index contributed by atoms with van der Waals surface area (Å²) in [6.07, 6.45) is 0.143. The third-order valence-corrected chi connectivity index (χ3v) is 5.58. The number of nitrogens with zero attached hydrogens (tertiary/aromatic N) is 1. The Bertz CT molecular complexity index is 992. The first-order chi connectivity index (χ1) is 12.1. The highest BCUT2D eigenvalue weighted by Gasteiger charge is 2.26. The maximum Gasteiger partial charge on any atom is 0.259 e. The minimum atomic E-state index is -0.448. The molecule has 2 aromatic heterocycles. The minimum absolute atomic E-state index is 0.143. The lowest BCUT2D eigenvalue weighted by molar-refractivity contribution is -0.115. The highest BCUT2D eigenvalue weighted by atomic mass is 32.1. The van der Waals surface area contributed by atoms with Crippen LogP contribution in [0.1, 0.15) is 26.4 Å². The summed E-state index contributed by atoms with van der Waals surface area (Å²) in [5.74, 6) is -1.09. The van der Waals surface area contributed by atoms with Crippen LogP contribution in [0.3, 0.4) is 0 Å². The number of hydrogen-bond acceptors (Lipinski definition) is 6. The van der Waals surface area contributed by atoms with E-state index in [1.807, 2.05) is 22.9 Å². The molecule has 0 unspecified atom stereocenters. The average Bonchev–Trinajstić information content (AvgIpc) is 3.29. The van der Waals surface area contributed by atoms with Gasteiger partial charge in [-0.05, 0) is 29.6 Å². The molecule has 4 rings (SSSR count). The van der Waals surface area contributed by atoms with Gasteiger partial charge in [0.15, 0.2) is 0 Å². The lowest BCUT2D eigenvalue weighted by atomic mass is 10.1. The number of nitrogens with one attached hydrogen (secondary N) is 2. The Balaban J connectivity index is 1.45. The minimum Gasteiger partial charge on any atom is -0.326 e. The van der Waals surface area contributed by atoms with Crippen molar-refractivity contribution in [2.45, 2.75) is 6.42 Å². The number of benzene rings is 1. The van der Waals surface area contributed by atoms with Gasteiger partial charge in [-0.3, -0.25) is 19.7 Å². The number of thiophene rings is 1. The van der Waals surface area contributed by atoms with E-state index < -0.39 is 11.8 Å². The Morgan fingerprint density at radius 2 is 1.96 bits per heavy atom. The molecule has 124 valence electrons. The highest BCUT2D eigenvalue weighted by Crippen LogP contribution is 2.28. The van der Waals surface area contributed by atoms with Gasteiger partial charge >= 0.3 is 0 Å². The molecule has 1 aliphatic rings. The normalized spacial score (nSPS) is 12.8. The van der Waals surface area contributed by atoms with E-state index in [1.54, 1.807) is 17.4 Å². The van der Waals surface area contributed by atoms with Crippen LogP contribution < -0.4 is 10.6 Å². The van der Waals surface area contributed by atoms with E-state index >= 15 is 0 Å². The summed E-state index contributed by atoms with van der Waals surface area (Å²) in [6.45, 7) is 0. The first-order valence-corrected chi connectivity index (χ1v) is 9.14. The number of anilines is 1. The van der Waals surface area contributed by atoms with Gasteiger partial charge in [-0.25, -0.2) is 4.98 Å². The predicted octanol–water partition coefficient (Wildman–Crippen LogP) is 2.94. The lowest BCUT2D eigenvalue weighted by Crippen LogP contribution is -2.19. The molecule has 0 atom stereocenters. The molecule has 1 aromatic carbocycles. The lowest BCUT2D eigenvalue weighted by Gasteiger charge is -2.05. The number of fused-ring (bicyclic) bond motifs is 1. The molecule has 25 heavy (non-hydrogen) atoms. The molecule has 1 aliphatic heterocycles. The van der Waals surface area contributed by atoms with Crippen molar-refractivity contribution < 1.29 is 14.4 Å². The number of carbonyl (C=O) groups is 3. The van der Waals surface area contributed by atoms with Crippen molar-refractivity contribution in [2.24, 2.45) is 0 Å². The number of hydrogen-bond donors (Lipinski definition) is 2. The number of thiazole rings is 1. The summed E-state index contributed by atoms with van der Waals surface area (Å²) in [7, 11) is 0. The zero-order chi connectivity index (χ0) is 17.4. The van der Waals surface area contributed by atoms with Crippen LogP contribution in [0.5, 0.6) is 0 Å². The van der Waals surface area contributed by atoms with Crippen molar-refractivity contribution >= 4 is 46.1 Å². The Morgan fingerprint density at radius 3 is 2.76 bits per heavy atom. The maximum atomic E-state index is 12.2. The Hall–Kier alpha value is -2.84. The largest absolute Gasteiger partial charge is 0.326 e. The molecule has 6 nitrogen and oxygen atoms in total. The second-order valence-corrected chi connectivity index (χ2v) is 7.20. The van der Waals surface area contributed by atoms with Gasteiger partial charge in [0.25, 0.3) is 11.8 Å². The Kier molecular flexibility index (Phi) is 3.90. The molecule has 0 aliphatic carbocycles. The molecular weight excluding hydrogens is 358 g/mol. The van der Waals surface area contributed by atoms with E-state index in [4.69, 9.17) is 0 Å². The standard InChI is InChI=1S/C17H11N3O3S2/c21-14(7-10-8-25-17(19-10)13-2-1-5-24-13)18-9-3-4-11-12(6-9)16(23)20-15(11)22/h1-6,8H,7H2,(H,18,21)(H,20,22,23). The third kappa shape index (κ3) is 3.09. The molecule has 8 heteroatoms. The van der Waals surface area contributed by atoms with Crippen molar-refractivity contribution in [1.82, 2.24) is 10.3 Å². The fourth-order valence-electron chi connectivity index (χ4n) is 2.52. The van der Waals surface area contributed by atoms with Crippen LogP contribution in [0.25, 0.3) is 9.88 Å². The molecule has 0 radical (unpaired) electrons. The van der Waals surface area contributed by atoms with E-state index in [-0.39, 0.29) is 17.9 Å². The van der Waals surface area contributed by atoms with E-state index in [0.717, 1.165) is 9.88 Å². The zero-order valence-electron chi connectivity index (χ0n) is 12.7. The van der Waals surface area contributed by atoms with Gasteiger partial charge in [-0.1, -0.05) is 6.07 Å². The fourth-order valence-corrected chi connectivity index (χ4v) is 4.15. The first kappa shape index (κ1) is 15.7. The highest BCUT2D eigenvalue weighted by molar-refractivity contribution is 7.20. The Labute approximate surface area is 150 Å². The first-order valence-electron chi connectivity index (χ1n) is 7.38. The summed E-state index contributed by atoms with van der Waals surface area (Å²) in [4.78, 5) is 41.0. The van der Waals surface area contributed by atoms with Crippen LogP contribution in [-0.4, -0.2) is 22.7 Å². The average molecular weight is 369 g/mol. The van der Waals surface area contributed by atoms with Gasteiger partial charge in [0.05, 0.1) is 28.1 Å². The molecule has 3 amide bonds. The summed E-state index contributed by atoms with van der Waals surface area (Å²) >= 11 is 3.11. The molecular formula is C17H11N3O3S2. The van der Waals surface area contributed by atoms with Crippen LogP contribution in [0.4, 0.5) is 5.69 Å². The van der Waals surface area contributed by atoms with Gasteiger partial charge in [-0.15, -0.1) is 22.7 Å². The van der Waals surface area contributed by atoms with Crippen molar-refractivity contribution in [3.63, 3.8) is 0 Å². The number of amides is 3. The van der Waals surface area contributed by atoms with Gasteiger partial charge in [0.2, 0.25) is 5.91 Å². The number of imide groups is 1. The quantitative estimate of drug-likeness (QED) is 0.692. The predicted molar refractivity (Wildman–Crippen MR) is 96.0 cm³/mol. The third-order valence-electron chi connectivity index (χ3n) is 3.65. The van der Waals surface area contributed by atoms with E-state index in [0.29, 0.717) is 16.9 Å². The van der Waals surface area contributed by atoms with Crippen molar-refractivity contribution in [3.05, 3.63) is 57.9 Å². The van der Waals surface area contributed by atoms with Crippen molar-refractivity contribution in [1.29, 1.82) is 0 Å². The van der Waals surface area contributed by atoms with E-state index in [2.05, 4.69) is 15.6 Å². The number of rotatable bonds is 4. The molecule has 3 heterocycles. The smallest absolute Gasteiger partial charge is 0.259 e. The molecule has 0 fully saturated rings. The monoisotopic (exact) mass is 369 g/mol. The van der Waals surface area contributed by atoms with Gasteiger partial charge < -0.3 is 5.32 Å². The van der Waals surface area contributed by atoms with Gasteiger partial charge in [-0.2, -0.15) is 0 Å². The maximum absolute atomic E-state index is 12.2. The second-order valence-electron chi connectivity index (χ2n) is 5.39. The van der Waals surface area contributed by atoms with Crippen LogP contribution in [0.2, 0.25) is 0 Å². The van der Waals surface area contributed by atoms with Gasteiger partial charge in [0.1, 0.15) is 5.01 Å². The van der Waals surface area contributed by atoms with Crippen molar-refractivity contribution in [3.8, 4) is 9.88 Å². The van der Waals surface area contributed by atoms with Crippen molar-refractivity contribution in [2.75, 3.05) is 5.32 Å².